The lowest BCUT2D eigenvalue weighted by atomic mass is 10.2. The van der Waals surface area contributed by atoms with Crippen LogP contribution in [0.4, 0.5) is 4.39 Å². The number of halogens is 4. The van der Waals surface area contributed by atoms with Gasteiger partial charge in [-0.2, -0.15) is 5.10 Å². The van der Waals surface area contributed by atoms with Crippen LogP contribution in [0.1, 0.15) is 21.5 Å². The lowest BCUT2D eigenvalue weighted by Crippen LogP contribution is -2.17. The van der Waals surface area contributed by atoms with Gasteiger partial charge in [-0.1, -0.05) is 23.7 Å². The lowest BCUT2D eigenvalue weighted by Gasteiger charge is -2.11. The first-order valence-electron chi connectivity index (χ1n) is 8.37. The van der Waals surface area contributed by atoms with Gasteiger partial charge in [0.1, 0.15) is 18.2 Å². The van der Waals surface area contributed by atoms with Crippen molar-refractivity contribution in [1.29, 1.82) is 0 Å². The lowest BCUT2D eigenvalue weighted by molar-refractivity contribution is 0.0955. The highest BCUT2D eigenvalue weighted by Gasteiger charge is 2.09. The highest BCUT2D eigenvalue weighted by Crippen LogP contribution is 2.35. The van der Waals surface area contributed by atoms with Crippen LogP contribution in [0.3, 0.4) is 0 Å². The third-order valence-corrected chi connectivity index (χ3v) is 5.23. The number of amides is 1. The average Bonchev–Trinajstić information content (AvgIpc) is 2.69. The summed E-state index contributed by atoms with van der Waals surface area (Å²) in [6.45, 7) is 0.384. The number of nitrogens with one attached hydrogen (secondary N) is 1. The van der Waals surface area contributed by atoms with Crippen molar-refractivity contribution in [2.45, 2.75) is 6.61 Å². The second-order valence-corrected chi connectivity index (χ2v) is 8.08. The van der Waals surface area contributed by atoms with Crippen LogP contribution in [-0.2, 0) is 6.61 Å². The van der Waals surface area contributed by atoms with Crippen LogP contribution in [0.2, 0.25) is 5.02 Å². The largest absolute Gasteiger partial charge is 0.487 e. The molecule has 0 aromatic heterocycles. The monoisotopic (exact) mass is 538 g/mol. The van der Waals surface area contributed by atoms with Crippen LogP contribution in [0.5, 0.6) is 5.75 Å². The summed E-state index contributed by atoms with van der Waals surface area (Å²) < 4.78 is 20.2. The molecule has 1 N–H and O–H groups in total. The van der Waals surface area contributed by atoms with Crippen molar-refractivity contribution in [1.82, 2.24) is 5.43 Å². The normalized spacial score (nSPS) is 10.9. The molecule has 0 heterocycles. The minimum absolute atomic E-state index is 0.317. The van der Waals surface area contributed by atoms with Crippen LogP contribution < -0.4 is 10.2 Å². The molecule has 1 amide bonds. The van der Waals surface area contributed by atoms with Crippen molar-refractivity contribution < 1.29 is 13.9 Å². The Kier molecular flexibility index (Phi) is 7.41. The summed E-state index contributed by atoms with van der Waals surface area (Å²) in [4.78, 5) is 12.0. The van der Waals surface area contributed by atoms with Gasteiger partial charge in [-0.25, -0.2) is 9.82 Å². The summed E-state index contributed by atoms with van der Waals surface area (Å²) in [6, 6.07) is 16.3. The zero-order valence-electron chi connectivity index (χ0n) is 14.8. The van der Waals surface area contributed by atoms with E-state index in [9.17, 15) is 9.18 Å². The first-order valence-corrected chi connectivity index (χ1v) is 10.3. The van der Waals surface area contributed by atoms with Gasteiger partial charge >= 0.3 is 0 Å². The van der Waals surface area contributed by atoms with Gasteiger partial charge in [0, 0.05) is 10.6 Å². The maximum Gasteiger partial charge on any atom is 0.271 e. The molecule has 0 aliphatic rings. The second-order valence-electron chi connectivity index (χ2n) is 5.93. The van der Waals surface area contributed by atoms with Gasteiger partial charge in [-0.05, 0) is 91.5 Å². The molecule has 4 nitrogen and oxygen atoms in total. The van der Waals surface area contributed by atoms with Crippen molar-refractivity contribution in [2.75, 3.05) is 0 Å². The molecule has 0 aliphatic heterocycles. The van der Waals surface area contributed by atoms with Crippen molar-refractivity contribution in [3.05, 3.63) is 97.1 Å². The molecule has 8 heteroatoms. The quantitative estimate of drug-likeness (QED) is 0.293. The van der Waals surface area contributed by atoms with Crippen LogP contribution >= 0.6 is 43.5 Å². The van der Waals surface area contributed by atoms with E-state index in [4.69, 9.17) is 16.3 Å². The summed E-state index contributed by atoms with van der Waals surface area (Å²) in [6.07, 6.45) is 1.50. The van der Waals surface area contributed by atoms with Crippen molar-refractivity contribution in [3.63, 3.8) is 0 Å². The van der Waals surface area contributed by atoms with Gasteiger partial charge in [0.05, 0.1) is 15.2 Å². The minimum atomic E-state index is -0.428. The highest BCUT2D eigenvalue weighted by molar-refractivity contribution is 9.11. The molecule has 0 fully saturated rings. The Hall–Kier alpha value is -2.22. The van der Waals surface area contributed by atoms with Crippen molar-refractivity contribution in [2.24, 2.45) is 5.10 Å². The molecule has 0 unspecified atom stereocenters. The van der Waals surface area contributed by atoms with Gasteiger partial charge in [0.25, 0.3) is 5.91 Å². The van der Waals surface area contributed by atoms with Crippen LogP contribution in [0, 0.1) is 5.82 Å². The number of hydrogen-bond donors (Lipinski definition) is 1. The maximum absolute atomic E-state index is 12.9. The number of carbonyl (C=O) groups excluding carboxylic acids is 1. The SMILES string of the molecule is O=C(N/N=C\c1cc(Br)c(OCc2ccc(Cl)cc2)c(Br)c1)c1ccc(F)cc1. The van der Waals surface area contributed by atoms with E-state index in [2.05, 4.69) is 42.4 Å². The summed E-state index contributed by atoms with van der Waals surface area (Å²) >= 11 is 12.9. The topological polar surface area (TPSA) is 50.7 Å². The van der Waals surface area contributed by atoms with E-state index in [-0.39, 0.29) is 0 Å². The number of carbonyl (C=O) groups is 1. The third kappa shape index (κ3) is 6.13. The Morgan fingerprint density at radius 2 is 1.69 bits per heavy atom. The standard InChI is InChI=1S/C21H14Br2ClFN2O2/c22-18-9-14(11-26-27-21(28)15-3-7-17(25)8-4-15)10-19(23)20(18)29-12-13-1-5-16(24)6-2-13/h1-11H,12H2,(H,27,28)/b26-11-. The predicted octanol–water partition coefficient (Wildman–Crippen LogP) is 6.35. The van der Waals surface area contributed by atoms with E-state index >= 15 is 0 Å². The van der Waals surface area contributed by atoms with E-state index in [0.717, 1.165) is 20.1 Å². The molecule has 148 valence electrons. The van der Waals surface area contributed by atoms with Crippen LogP contribution in [0.15, 0.2) is 74.7 Å². The highest BCUT2D eigenvalue weighted by atomic mass is 79.9. The molecule has 0 atom stereocenters. The first-order chi connectivity index (χ1) is 13.9. The molecular weight excluding hydrogens is 527 g/mol. The second kappa shape index (κ2) is 10.0. The molecule has 3 rings (SSSR count). The van der Waals surface area contributed by atoms with Gasteiger partial charge < -0.3 is 4.74 Å². The van der Waals surface area contributed by atoms with E-state index in [1.807, 2.05) is 36.4 Å². The molecule has 0 radical (unpaired) electrons. The number of benzene rings is 3. The fraction of sp³-hybridized carbons (Fsp3) is 0.0476. The molecule has 0 saturated carbocycles. The molecule has 0 aliphatic carbocycles. The fourth-order valence-corrected chi connectivity index (χ4v) is 3.94. The Balaban J connectivity index is 1.63. The molecule has 3 aromatic rings. The molecule has 0 bridgehead atoms. The maximum atomic E-state index is 12.9. The van der Waals surface area contributed by atoms with Gasteiger partial charge in [0.15, 0.2) is 0 Å². The zero-order chi connectivity index (χ0) is 20.8. The summed E-state index contributed by atoms with van der Waals surface area (Å²) in [5.74, 6) is -0.187. The molecule has 0 saturated heterocycles. The van der Waals surface area contributed by atoms with E-state index in [1.54, 1.807) is 0 Å². The van der Waals surface area contributed by atoms with Crippen molar-refractivity contribution in [3.8, 4) is 5.75 Å². The number of rotatable bonds is 6. The zero-order valence-corrected chi connectivity index (χ0v) is 18.8. The van der Waals surface area contributed by atoms with Crippen molar-refractivity contribution >= 4 is 55.6 Å². The molecule has 29 heavy (non-hydrogen) atoms. The number of hydrogen-bond acceptors (Lipinski definition) is 3. The van der Waals surface area contributed by atoms with Gasteiger partial charge in [-0.3, -0.25) is 4.79 Å². The Bertz CT molecular complexity index is 1020. The molecule has 0 spiro atoms. The van der Waals surface area contributed by atoms with Gasteiger partial charge in [-0.15, -0.1) is 0 Å². The van der Waals surface area contributed by atoms with Gasteiger partial charge in [0.2, 0.25) is 0 Å². The van der Waals surface area contributed by atoms with Crippen LogP contribution in [0.25, 0.3) is 0 Å². The average molecular weight is 541 g/mol. The molecular formula is C21H14Br2ClFN2O2. The Labute approximate surface area is 189 Å². The number of ether oxygens (including phenoxy) is 1. The summed E-state index contributed by atoms with van der Waals surface area (Å²) in [5.41, 5.74) is 4.45. The van der Waals surface area contributed by atoms with E-state index < -0.39 is 11.7 Å². The Morgan fingerprint density at radius 3 is 2.31 bits per heavy atom. The summed E-state index contributed by atoms with van der Waals surface area (Å²) in [5, 5.41) is 4.61. The summed E-state index contributed by atoms with van der Waals surface area (Å²) in [7, 11) is 0. The third-order valence-electron chi connectivity index (χ3n) is 3.80. The number of nitrogens with zero attached hydrogens (tertiary/aromatic N) is 1. The Morgan fingerprint density at radius 1 is 1.07 bits per heavy atom. The van der Waals surface area contributed by atoms with E-state index in [1.165, 1.54) is 30.5 Å². The predicted molar refractivity (Wildman–Crippen MR) is 119 cm³/mol. The number of hydrazone groups is 1. The smallest absolute Gasteiger partial charge is 0.271 e. The minimum Gasteiger partial charge on any atom is -0.487 e. The molecule has 3 aromatic carbocycles. The van der Waals surface area contributed by atoms with Crippen LogP contribution in [-0.4, -0.2) is 12.1 Å². The first kappa shape index (κ1) is 21.5. The van der Waals surface area contributed by atoms with E-state index in [0.29, 0.717) is 22.9 Å². The fourth-order valence-electron chi connectivity index (χ4n) is 2.36.